The molecule has 1 aliphatic rings. The highest BCUT2D eigenvalue weighted by molar-refractivity contribution is 5.26. The number of benzene rings is 1. The topological polar surface area (TPSA) is 26.0 Å². The molecule has 1 aliphatic carbocycles. The zero-order valence-corrected chi connectivity index (χ0v) is 8.87. The van der Waals surface area contributed by atoms with Gasteiger partial charge >= 0.3 is 0 Å². The van der Waals surface area contributed by atoms with Crippen LogP contribution in [0.5, 0.6) is 0 Å². The standard InChI is InChI=1S/C13H19N/c1-2-10-4-3-5-12(8-10)13(14)9-11-6-7-11/h3-5,8,11,13H,2,6-7,9,14H2,1H3. The third-order valence-electron chi connectivity index (χ3n) is 3.07. The van der Waals surface area contributed by atoms with Gasteiger partial charge in [-0.3, -0.25) is 0 Å². The molecule has 1 aromatic carbocycles. The van der Waals surface area contributed by atoms with Gasteiger partial charge in [0.25, 0.3) is 0 Å². The summed E-state index contributed by atoms with van der Waals surface area (Å²) in [6, 6.07) is 8.97. The van der Waals surface area contributed by atoms with Crippen molar-refractivity contribution in [1.29, 1.82) is 0 Å². The maximum absolute atomic E-state index is 6.16. The zero-order chi connectivity index (χ0) is 9.97. The van der Waals surface area contributed by atoms with Crippen molar-refractivity contribution in [3.63, 3.8) is 0 Å². The van der Waals surface area contributed by atoms with E-state index in [0.29, 0.717) is 0 Å². The largest absolute Gasteiger partial charge is 0.324 e. The van der Waals surface area contributed by atoms with Crippen molar-refractivity contribution in [3.8, 4) is 0 Å². The van der Waals surface area contributed by atoms with Gasteiger partial charge in [0.05, 0.1) is 0 Å². The molecule has 0 bridgehead atoms. The van der Waals surface area contributed by atoms with E-state index in [2.05, 4.69) is 31.2 Å². The zero-order valence-electron chi connectivity index (χ0n) is 8.87. The number of hydrogen-bond donors (Lipinski definition) is 1. The van der Waals surface area contributed by atoms with E-state index in [4.69, 9.17) is 5.73 Å². The molecule has 0 heterocycles. The van der Waals surface area contributed by atoms with Crippen molar-refractivity contribution >= 4 is 0 Å². The molecule has 2 rings (SSSR count). The van der Waals surface area contributed by atoms with Crippen LogP contribution in [0.4, 0.5) is 0 Å². The van der Waals surface area contributed by atoms with Crippen LogP contribution in [0.3, 0.4) is 0 Å². The molecule has 1 unspecified atom stereocenters. The molecule has 1 fully saturated rings. The van der Waals surface area contributed by atoms with E-state index in [9.17, 15) is 0 Å². The fourth-order valence-electron chi connectivity index (χ4n) is 1.89. The highest BCUT2D eigenvalue weighted by Gasteiger charge is 2.24. The molecule has 1 nitrogen and oxygen atoms in total. The molecule has 14 heavy (non-hydrogen) atoms. The molecular weight excluding hydrogens is 170 g/mol. The van der Waals surface area contributed by atoms with Crippen molar-refractivity contribution in [1.82, 2.24) is 0 Å². The lowest BCUT2D eigenvalue weighted by atomic mass is 9.99. The van der Waals surface area contributed by atoms with Gasteiger partial charge in [-0.05, 0) is 29.9 Å². The predicted octanol–water partition coefficient (Wildman–Crippen LogP) is 3.05. The second kappa shape index (κ2) is 4.14. The Morgan fingerprint density at radius 1 is 1.43 bits per heavy atom. The maximum Gasteiger partial charge on any atom is 0.0297 e. The summed E-state index contributed by atoms with van der Waals surface area (Å²) < 4.78 is 0. The number of nitrogens with two attached hydrogens (primary N) is 1. The Labute approximate surface area is 86.3 Å². The van der Waals surface area contributed by atoms with Crippen LogP contribution in [0.25, 0.3) is 0 Å². The quantitative estimate of drug-likeness (QED) is 0.774. The van der Waals surface area contributed by atoms with Crippen LogP contribution in [-0.4, -0.2) is 0 Å². The van der Waals surface area contributed by atoms with Crippen LogP contribution in [-0.2, 0) is 6.42 Å². The molecule has 76 valence electrons. The molecule has 1 saturated carbocycles. The van der Waals surface area contributed by atoms with Crippen molar-refractivity contribution in [2.24, 2.45) is 11.7 Å². The van der Waals surface area contributed by atoms with Gasteiger partial charge < -0.3 is 5.73 Å². The monoisotopic (exact) mass is 189 g/mol. The van der Waals surface area contributed by atoms with E-state index in [1.54, 1.807) is 0 Å². The highest BCUT2D eigenvalue weighted by atomic mass is 14.6. The van der Waals surface area contributed by atoms with E-state index in [-0.39, 0.29) is 6.04 Å². The summed E-state index contributed by atoms with van der Waals surface area (Å²) in [7, 11) is 0. The van der Waals surface area contributed by atoms with Gasteiger partial charge in [0.2, 0.25) is 0 Å². The molecule has 0 saturated heterocycles. The second-order valence-corrected chi connectivity index (χ2v) is 4.38. The third-order valence-corrected chi connectivity index (χ3v) is 3.07. The van der Waals surface area contributed by atoms with Gasteiger partial charge in [0.1, 0.15) is 0 Å². The Hall–Kier alpha value is -0.820. The maximum atomic E-state index is 6.16. The molecule has 0 amide bonds. The first-order chi connectivity index (χ1) is 6.79. The Bertz CT molecular complexity index is 302. The smallest absolute Gasteiger partial charge is 0.0297 e. The molecule has 1 atom stereocenters. The lowest BCUT2D eigenvalue weighted by molar-refractivity contribution is 0.596. The van der Waals surface area contributed by atoms with E-state index in [0.717, 1.165) is 12.3 Å². The number of hydrogen-bond acceptors (Lipinski definition) is 1. The number of aryl methyl sites for hydroxylation is 1. The van der Waals surface area contributed by atoms with Crippen LogP contribution < -0.4 is 5.73 Å². The summed E-state index contributed by atoms with van der Waals surface area (Å²) in [6.07, 6.45) is 5.06. The van der Waals surface area contributed by atoms with Crippen LogP contribution in [0, 0.1) is 5.92 Å². The number of rotatable bonds is 4. The van der Waals surface area contributed by atoms with Crippen LogP contribution in [0.2, 0.25) is 0 Å². The molecule has 0 aliphatic heterocycles. The minimum absolute atomic E-state index is 0.258. The summed E-state index contributed by atoms with van der Waals surface area (Å²) in [6.45, 7) is 2.19. The Morgan fingerprint density at radius 2 is 2.21 bits per heavy atom. The summed E-state index contributed by atoms with van der Waals surface area (Å²) in [5, 5.41) is 0. The van der Waals surface area contributed by atoms with Gasteiger partial charge in [-0.1, -0.05) is 44.0 Å². The molecule has 2 N–H and O–H groups in total. The van der Waals surface area contributed by atoms with Crippen molar-refractivity contribution in [2.75, 3.05) is 0 Å². The molecule has 0 aromatic heterocycles. The molecule has 1 aromatic rings. The third kappa shape index (κ3) is 2.36. The summed E-state index contributed by atoms with van der Waals surface area (Å²) in [4.78, 5) is 0. The molecule has 1 heteroatoms. The van der Waals surface area contributed by atoms with Crippen LogP contribution >= 0.6 is 0 Å². The fourth-order valence-corrected chi connectivity index (χ4v) is 1.89. The van der Waals surface area contributed by atoms with Gasteiger partial charge in [0.15, 0.2) is 0 Å². The first-order valence-electron chi connectivity index (χ1n) is 5.64. The van der Waals surface area contributed by atoms with Crippen molar-refractivity contribution in [2.45, 2.75) is 38.6 Å². The average Bonchev–Trinajstić information content (AvgIpc) is 3.02. The predicted molar refractivity (Wildman–Crippen MR) is 60.1 cm³/mol. The van der Waals surface area contributed by atoms with Crippen LogP contribution in [0.1, 0.15) is 43.4 Å². The van der Waals surface area contributed by atoms with E-state index < -0.39 is 0 Å². The Morgan fingerprint density at radius 3 is 2.86 bits per heavy atom. The minimum atomic E-state index is 0.258. The van der Waals surface area contributed by atoms with E-state index >= 15 is 0 Å². The normalized spacial score (nSPS) is 18.1. The van der Waals surface area contributed by atoms with Crippen molar-refractivity contribution in [3.05, 3.63) is 35.4 Å². The van der Waals surface area contributed by atoms with Crippen molar-refractivity contribution < 1.29 is 0 Å². The van der Waals surface area contributed by atoms with Gasteiger partial charge in [-0.15, -0.1) is 0 Å². The summed E-state index contributed by atoms with van der Waals surface area (Å²) >= 11 is 0. The highest BCUT2D eigenvalue weighted by Crippen LogP contribution is 2.36. The SMILES string of the molecule is CCc1cccc(C(N)CC2CC2)c1. The lowest BCUT2D eigenvalue weighted by Gasteiger charge is -2.12. The second-order valence-electron chi connectivity index (χ2n) is 4.38. The first-order valence-corrected chi connectivity index (χ1v) is 5.64. The Kier molecular flexibility index (Phi) is 2.87. The Balaban J connectivity index is 2.05. The minimum Gasteiger partial charge on any atom is -0.324 e. The summed E-state index contributed by atoms with van der Waals surface area (Å²) in [5.74, 6) is 0.912. The summed E-state index contributed by atoms with van der Waals surface area (Å²) in [5.41, 5.74) is 8.87. The first kappa shape index (κ1) is 9.72. The van der Waals surface area contributed by atoms with Gasteiger partial charge in [-0.2, -0.15) is 0 Å². The molecular formula is C13H19N. The van der Waals surface area contributed by atoms with Crippen LogP contribution in [0.15, 0.2) is 24.3 Å². The van der Waals surface area contributed by atoms with E-state index in [1.165, 1.54) is 30.4 Å². The van der Waals surface area contributed by atoms with Gasteiger partial charge in [0, 0.05) is 6.04 Å². The molecule has 0 radical (unpaired) electrons. The fraction of sp³-hybridized carbons (Fsp3) is 0.538. The van der Waals surface area contributed by atoms with E-state index in [1.807, 2.05) is 0 Å². The van der Waals surface area contributed by atoms with Gasteiger partial charge in [-0.25, -0.2) is 0 Å². The molecule has 0 spiro atoms. The average molecular weight is 189 g/mol. The lowest BCUT2D eigenvalue weighted by Crippen LogP contribution is -2.11.